The summed E-state index contributed by atoms with van der Waals surface area (Å²) < 4.78 is 29.0. The van der Waals surface area contributed by atoms with Crippen LogP contribution in [-0.4, -0.2) is 62.2 Å². The lowest BCUT2D eigenvalue weighted by Crippen LogP contribution is -2.53. The molecule has 0 heterocycles. The first kappa shape index (κ1) is 28.7. The van der Waals surface area contributed by atoms with Crippen molar-refractivity contribution in [3.63, 3.8) is 0 Å². The molecule has 0 spiro atoms. The van der Waals surface area contributed by atoms with Crippen LogP contribution in [0.5, 0.6) is 0 Å². The second-order valence-corrected chi connectivity index (χ2v) is 12.3. The third-order valence-electron chi connectivity index (χ3n) is 7.12. The molecule has 0 radical (unpaired) electrons. The molecule has 0 aliphatic heterocycles. The minimum atomic E-state index is -3.99. The van der Waals surface area contributed by atoms with Crippen LogP contribution in [0.1, 0.15) is 54.9 Å². The summed E-state index contributed by atoms with van der Waals surface area (Å²) in [6, 6.07) is 12.6. The van der Waals surface area contributed by atoms with Gasteiger partial charge in [0.25, 0.3) is 0 Å². The predicted octanol–water partition coefficient (Wildman–Crippen LogP) is 3.70. The SMILES string of the molecule is Cc1ccc(C)c(N(CC(=O)N(Cc2ccccc2C)C(C)C(=O)NC2CCCC2)S(=O)(=O)N(C)C)c1. The molecular weight excluding hydrogens is 488 g/mol. The normalized spacial score (nSPS) is 15.0. The topological polar surface area (TPSA) is 90.0 Å². The van der Waals surface area contributed by atoms with Crippen molar-refractivity contribution in [1.29, 1.82) is 0 Å². The van der Waals surface area contributed by atoms with Crippen LogP contribution in [-0.2, 0) is 26.3 Å². The summed E-state index contributed by atoms with van der Waals surface area (Å²) in [7, 11) is -1.10. The van der Waals surface area contributed by atoms with Crippen molar-refractivity contribution in [1.82, 2.24) is 14.5 Å². The molecule has 1 saturated carbocycles. The second kappa shape index (κ2) is 12.1. The number of hydrogen-bond donors (Lipinski definition) is 1. The van der Waals surface area contributed by atoms with Crippen molar-refractivity contribution < 1.29 is 18.0 Å². The molecule has 37 heavy (non-hydrogen) atoms. The van der Waals surface area contributed by atoms with Crippen molar-refractivity contribution in [2.24, 2.45) is 0 Å². The predicted molar refractivity (Wildman–Crippen MR) is 147 cm³/mol. The Morgan fingerprint density at radius 1 is 1.00 bits per heavy atom. The third kappa shape index (κ3) is 6.90. The Bertz CT molecular complexity index is 1220. The van der Waals surface area contributed by atoms with E-state index in [1.54, 1.807) is 13.0 Å². The van der Waals surface area contributed by atoms with Crippen LogP contribution in [0, 0.1) is 20.8 Å². The van der Waals surface area contributed by atoms with Crippen molar-refractivity contribution in [2.45, 2.75) is 72.0 Å². The minimum absolute atomic E-state index is 0.117. The number of nitrogens with zero attached hydrogens (tertiary/aromatic N) is 3. The smallest absolute Gasteiger partial charge is 0.304 e. The van der Waals surface area contributed by atoms with Gasteiger partial charge in [-0.3, -0.25) is 9.59 Å². The minimum Gasteiger partial charge on any atom is -0.352 e. The van der Waals surface area contributed by atoms with E-state index in [4.69, 9.17) is 0 Å². The van der Waals surface area contributed by atoms with E-state index in [2.05, 4.69) is 5.32 Å². The van der Waals surface area contributed by atoms with Gasteiger partial charge in [-0.1, -0.05) is 49.2 Å². The lowest BCUT2D eigenvalue weighted by atomic mass is 10.1. The Morgan fingerprint density at radius 3 is 2.27 bits per heavy atom. The van der Waals surface area contributed by atoms with E-state index in [9.17, 15) is 18.0 Å². The summed E-state index contributed by atoms with van der Waals surface area (Å²) in [5.74, 6) is -0.661. The third-order valence-corrected chi connectivity index (χ3v) is 8.93. The average molecular weight is 529 g/mol. The first-order chi connectivity index (χ1) is 17.4. The molecule has 0 bridgehead atoms. The number of anilines is 1. The van der Waals surface area contributed by atoms with E-state index in [0.717, 1.165) is 56.5 Å². The summed E-state index contributed by atoms with van der Waals surface area (Å²) >= 11 is 0. The Labute approximate surface area is 221 Å². The molecule has 2 aromatic rings. The maximum atomic E-state index is 13.9. The van der Waals surface area contributed by atoms with Crippen LogP contribution >= 0.6 is 0 Å². The Balaban J connectivity index is 1.97. The highest BCUT2D eigenvalue weighted by atomic mass is 32.2. The molecular formula is C28H40N4O4S. The summed E-state index contributed by atoms with van der Waals surface area (Å²) in [6.07, 6.45) is 4.04. The standard InChI is InChI=1S/C28H40N4O4S/c1-20-15-16-22(3)26(17-20)32(37(35,36)30(5)6)19-27(33)31(18-24-12-8-7-11-21(24)2)23(4)28(34)29-25-13-9-10-14-25/h7-8,11-12,15-17,23,25H,9-10,13-14,18-19H2,1-6H3,(H,29,34). The Kier molecular flexibility index (Phi) is 9.36. The fourth-order valence-electron chi connectivity index (χ4n) is 4.64. The molecule has 1 N–H and O–H groups in total. The fraction of sp³-hybridized carbons (Fsp3) is 0.500. The largest absolute Gasteiger partial charge is 0.352 e. The van der Waals surface area contributed by atoms with Gasteiger partial charge < -0.3 is 10.2 Å². The van der Waals surface area contributed by atoms with Gasteiger partial charge in [0.2, 0.25) is 11.8 Å². The molecule has 8 nitrogen and oxygen atoms in total. The first-order valence-corrected chi connectivity index (χ1v) is 14.2. The van der Waals surface area contributed by atoms with Gasteiger partial charge in [0, 0.05) is 26.7 Å². The number of carbonyl (C=O) groups is 2. The van der Waals surface area contributed by atoms with Crippen LogP contribution < -0.4 is 9.62 Å². The van der Waals surface area contributed by atoms with Crippen LogP contribution in [0.4, 0.5) is 5.69 Å². The highest BCUT2D eigenvalue weighted by Gasteiger charge is 2.34. The van der Waals surface area contributed by atoms with Crippen molar-refractivity contribution in [2.75, 3.05) is 24.9 Å². The van der Waals surface area contributed by atoms with Gasteiger partial charge in [-0.2, -0.15) is 12.7 Å². The summed E-state index contributed by atoms with van der Waals surface area (Å²) in [5, 5.41) is 3.09. The maximum Gasteiger partial charge on any atom is 0.304 e. The molecule has 2 amide bonds. The zero-order valence-corrected chi connectivity index (χ0v) is 23.6. The van der Waals surface area contributed by atoms with E-state index in [-0.39, 0.29) is 18.5 Å². The van der Waals surface area contributed by atoms with E-state index >= 15 is 0 Å². The lowest BCUT2D eigenvalue weighted by Gasteiger charge is -2.34. The molecule has 202 valence electrons. The number of amides is 2. The Morgan fingerprint density at radius 2 is 1.65 bits per heavy atom. The highest BCUT2D eigenvalue weighted by molar-refractivity contribution is 7.90. The number of benzene rings is 2. The van der Waals surface area contributed by atoms with Crippen molar-refractivity contribution in [3.8, 4) is 0 Å². The van der Waals surface area contributed by atoms with Gasteiger partial charge >= 0.3 is 10.2 Å². The monoisotopic (exact) mass is 528 g/mol. The lowest BCUT2D eigenvalue weighted by molar-refractivity contribution is -0.139. The molecule has 3 rings (SSSR count). The van der Waals surface area contributed by atoms with Gasteiger partial charge in [-0.05, 0) is 68.9 Å². The summed E-state index contributed by atoms with van der Waals surface area (Å²) in [6.45, 7) is 7.15. The number of aryl methyl sites for hydroxylation is 3. The molecule has 1 unspecified atom stereocenters. The van der Waals surface area contributed by atoms with Gasteiger partial charge in [-0.25, -0.2) is 4.31 Å². The van der Waals surface area contributed by atoms with Gasteiger partial charge in [0.05, 0.1) is 5.69 Å². The molecule has 1 aliphatic carbocycles. The summed E-state index contributed by atoms with van der Waals surface area (Å²) in [4.78, 5) is 28.6. The Hall–Kier alpha value is -2.91. The molecule has 0 saturated heterocycles. The van der Waals surface area contributed by atoms with Gasteiger partial charge in [0.15, 0.2) is 0 Å². The van der Waals surface area contributed by atoms with Crippen LogP contribution in [0.15, 0.2) is 42.5 Å². The number of rotatable bonds is 10. The number of nitrogens with one attached hydrogen (secondary N) is 1. The molecule has 1 aliphatic rings. The van der Waals surface area contributed by atoms with E-state index in [1.165, 1.54) is 19.0 Å². The number of hydrogen-bond acceptors (Lipinski definition) is 4. The van der Waals surface area contributed by atoms with Crippen LogP contribution in [0.25, 0.3) is 0 Å². The van der Waals surface area contributed by atoms with Gasteiger partial charge in [0.1, 0.15) is 12.6 Å². The van der Waals surface area contributed by atoms with Crippen LogP contribution in [0.2, 0.25) is 0 Å². The number of carbonyl (C=O) groups excluding carboxylic acids is 2. The first-order valence-electron chi connectivity index (χ1n) is 12.8. The van der Waals surface area contributed by atoms with E-state index in [0.29, 0.717) is 5.69 Å². The highest BCUT2D eigenvalue weighted by Crippen LogP contribution is 2.26. The van der Waals surface area contributed by atoms with E-state index < -0.39 is 28.7 Å². The zero-order valence-electron chi connectivity index (χ0n) is 22.8. The molecule has 0 aromatic heterocycles. The average Bonchev–Trinajstić information content (AvgIpc) is 3.36. The molecule has 1 fully saturated rings. The van der Waals surface area contributed by atoms with Crippen molar-refractivity contribution in [3.05, 3.63) is 64.7 Å². The van der Waals surface area contributed by atoms with Crippen molar-refractivity contribution >= 4 is 27.7 Å². The second-order valence-electron chi connectivity index (χ2n) is 10.2. The zero-order chi connectivity index (χ0) is 27.3. The van der Waals surface area contributed by atoms with E-state index in [1.807, 2.05) is 57.2 Å². The molecule has 2 aromatic carbocycles. The molecule has 9 heteroatoms. The van der Waals surface area contributed by atoms with Gasteiger partial charge in [-0.15, -0.1) is 0 Å². The maximum absolute atomic E-state index is 13.9. The summed E-state index contributed by atoms with van der Waals surface area (Å²) in [5.41, 5.74) is 3.97. The quantitative estimate of drug-likeness (QED) is 0.509. The van der Waals surface area contributed by atoms with Crippen LogP contribution in [0.3, 0.4) is 0 Å². The fourth-order valence-corrected chi connectivity index (χ4v) is 5.75. The molecule has 1 atom stereocenters.